The summed E-state index contributed by atoms with van der Waals surface area (Å²) in [6.45, 7) is 7.24. The summed E-state index contributed by atoms with van der Waals surface area (Å²) in [5, 5.41) is 6.05. The molecule has 1 saturated heterocycles. The summed E-state index contributed by atoms with van der Waals surface area (Å²) in [4.78, 5) is 24.8. The third-order valence-corrected chi connectivity index (χ3v) is 2.97. The second-order valence-corrected chi connectivity index (χ2v) is 4.54. The number of nitrogens with zero attached hydrogens (tertiary/aromatic N) is 1. The van der Waals surface area contributed by atoms with Gasteiger partial charge in [0.05, 0.1) is 6.04 Å². The lowest BCUT2D eigenvalue weighted by Gasteiger charge is -2.32. The van der Waals surface area contributed by atoms with Crippen LogP contribution in [0.4, 0.5) is 0 Å². The molecule has 6 heteroatoms. The molecule has 0 saturated carbocycles. The van der Waals surface area contributed by atoms with Crippen LogP contribution in [0.3, 0.4) is 0 Å². The van der Waals surface area contributed by atoms with Crippen LogP contribution in [-0.2, 0) is 9.59 Å². The molecule has 1 aliphatic rings. The maximum atomic E-state index is 11.9. The Morgan fingerprint density at radius 1 is 1.35 bits per heavy atom. The van der Waals surface area contributed by atoms with Crippen molar-refractivity contribution in [3.8, 4) is 0 Å². The lowest BCUT2D eigenvalue weighted by Crippen LogP contribution is -2.54. The van der Waals surface area contributed by atoms with Gasteiger partial charge in [0.25, 0.3) is 0 Å². The monoisotopic (exact) mass is 242 g/mol. The maximum Gasteiger partial charge on any atom is 0.237 e. The van der Waals surface area contributed by atoms with Gasteiger partial charge in [-0.3, -0.25) is 14.5 Å². The molecule has 6 nitrogen and oxygen atoms in total. The molecule has 4 N–H and O–H groups in total. The molecule has 17 heavy (non-hydrogen) atoms. The second-order valence-electron chi connectivity index (χ2n) is 4.54. The van der Waals surface area contributed by atoms with Crippen molar-refractivity contribution in [1.82, 2.24) is 15.5 Å². The first-order chi connectivity index (χ1) is 8.00. The number of rotatable bonds is 5. The van der Waals surface area contributed by atoms with Crippen LogP contribution in [0, 0.1) is 0 Å². The van der Waals surface area contributed by atoms with E-state index in [-0.39, 0.29) is 24.4 Å². The van der Waals surface area contributed by atoms with Crippen molar-refractivity contribution in [2.24, 2.45) is 5.73 Å². The number of hydrogen-bond donors (Lipinski definition) is 3. The van der Waals surface area contributed by atoms with E-state index >= 15 is 0 Å². The maximum absolute atomic E-state index is 11.9. The lowest BCUT2D eigenvalue weighted by atomic mass is 10.2. The first-order valence-corrected chi connectivity index (χ1v) is 6.04. The van der Waals surface area contributed by atoms with Crippen LogP contribution < -0.4 is 16.4 Å². The number of nitrogens with two attached hydrogens (primary N) is 1. The number of piperazine rings is 1. The van der Waals surface area contributed by atoms with Gasteiger partial charge in [0.15, 0.2) is 0 Å². The van der Waals surface area contributed by atoms with Crippen LogP contribution in [0.15, 0.2) is 0 Å². The lowest BCUT2D eigenvalue weighted by molar-refractivity contribution is -0.127. The van der Waals surface area contributed by atoms with E-state index in [0.29, 0.717) is 0 Å². The Hall–Kier alpha value is -1.14. The molecule has 0 aromatic carbocycles. The number of carbonyl (C=O) groups is 2. The van der Waals surface area contributed by atoms with Gasteiger partial charge in [0, 0.05) is 38.6 Å². The van der Waals surface area contributed by atoms with Gasteiger partial charge in [0.2, 0.25) is 11.8 Å². The molecule has 0 aromatic rings. The van der Waals surface area contributed by atoms with Crippen LogP contribution in [0.25, 0.3) is 0 Å². The van der Waals surface area contributed by atoms with Gasteiger partial charge in [-0.2, -0.15) is 0 Å². The first-order valence-electron chi connectivity index (χ1n) is 6.04. The molecule has 1 rings (SSSR count). The number of nitrogens with one attached hydrogen (secondary N) is 2. The fourth-order valence-electron chi connectivity index (χ4n) is 1.95. The molecule has 0 bridgehead atoms. The fourth-order valence-corrected chi connectivity index (χ4v) is 1.95. The number of carbonyl (C=O) groups excluding carboxylic acids is 2. The molecule has 2 unspecified atom stereocenters. The van der Waals surface area contributed by atoms with Crippen molar-refractivity contribution >= 4 is 11.8 Å². The molecule has 2 atom stereocenters. The van der Waals surface area contributed by atoms with Crippen molar-refractivity contribution < 1.29 is 9.59 Å². The molecule has 0 spiro atoms. The smallest absolute Gasteiger partial charge is 0.237 e. The van der Waals surface area contributed by atoms with Crippen LogP contribution in [-0.4, -0.2) is 55.0 Å². The predicted molar refractivity (Wildman–Crippen MR) is 65.3 cm³/mol. The van der Waals surface area contributed by atoms with E-state index in [0.717, 1.165) is 26.2 Å². The quantitative estimate of drug-likeness (QED) is 0.557. The third kappa shape index (κ3) is 4.70. The van der Waals surface area contributed by atoms with Crippen molar-refractivity contribution in [3.05, 3.63) is 0 Å². The Labute approximate surface area is 102 Å². The van der Waals surface area contributed by atoms with Crippen LogP contribution in [0.1, 0.15) is 20.3 Å². The summed E-state index contributed by atoms with van der Waals surface area (Å²) in [5.74, 6) is -0.437. The van der Waals surface area contributed by atoms with Crippen LogP contribution in [0.5, 0.6) is 0 Å². The van der Waals surface area contributed by atoms with Gasteiger partial charge in [0.1, 0.15) is 0 Å². The highest BCUT2D eigenvalue weighted by Gasteiger charge is 2.23. The molecule has 2 amide bonds. The average Bonchev–Trinajstić information content (AvgIpc) is 2.28. The highest BCUT2D eigenvalue weighted by molar-refractivity contribution is 5.82. The Morgan fingerprint density at radius 3 is 2.47 bits per heavy atom. The Morgan fingerprint density at radius 2 is 1.94 bits per heavy atom. The molecule has 1 fully saturated rings. The SMILES string of the molecule is CC(CC(N)=O)NC(=O)C(C)N1CCNCC1. The zero-order chi connectivity index (χ0) is 12.8. The second kappa shape index (κ2) is 6.56. The number of amides is 2. The predicted octanol–water partition coefficient (Wildman–Crippen LogP) is -1.34. The molecule has 1 aliphatic heterocycles. The molecule has 0 aromatic heterocycles. The van der Waals surface area contributed by atoms with Crippen molar-refractivity contribution in [3.63, 3.8) is 0 Å². The first kappa shape index (κ1) is 13.9. The molecule has 0 radical (unpaired) electrons. The van der Waals surface area contributed by atoms with E-state index in [1.807, 2.05) is 6.92 Å². The summed E-state index contributed by atoms with van der Waals surface area (Å²) in [6.07, 6.45) is 0.181. The van der Waals surface area contributed by atoms with E-state index < -0.39 is 5.91 Å². The summed E-state index contributed by atoms with van der Waals surface area (Å²) in [7, 11) is 0. The molecule has 1 heterocycles. The van der Waals surface area contributed by atoms with E-state index in [1.54, 1.807) is 6.92 Å². The summed E-state index contributed by atoms with van der Waals surface area (Å²) in [5.41, 5.74) is 5.08. The average molecular weight is 242 g/mol. The van der Waals surface area contributed by atoms with Crippen molar-refractivity contribution in [2.75, 3.05) is 26.2 Å². The van der Waals surface area contributed by atoms with E-state index in [1.165, 1.54) is 0 Å². The van der Waals surface area contributed by atoms with E-state index in [9.17, 15) is 9.59 Å². The van der Waals surface area contributed by atoms with Gasteiger partial charge in [-0.25, -0.2) is 0 Å². The number of primary amides is 1. The van der Waals surface area contributed by atoms with E-state index in [4.69, 9.17) is 5.73 Å². The van der Waals surface area contributed by atoms with Crippen molar-refractivity contribution in [1.29, 1.82) is 0 Å². The topological polar surface area (TPSA) is 87.5 Å². The largest absolute Gasteiger partial charge is 0.370 e. The van der Waals surface area contributed by atoms with Gasteiger partial charge < -0.3 is 16.4 Å². The summed E-state index contributed by atoms with van der Waals surface area (Å²) < 4.78 is 0. The molecular formula is C11H22N4O2. The molecule has 0 aliphatic carbocycles. The van der Waals surface area contributed by atoms with Crippen LogP contribution in [0.2, 0.25) is 0 Å². The van der Waals surface area contributed by atoms with Gasteiger partial charge >= 0.3 is 0 Å². The Bertz CT molecular complexity index is 277. The van der Waals surface area contributed by atoms with Gasteiger partial charge in [-0.05, 0) is 13.8 Å². The summed E-state index contributed by atoms with van der Waals surface area (Å²) >= 11 is 0. The Balaban J connectivity index is 2.37. The molecular weight excluding hydrogens is 220 g/mol. The van der Waals surface area contributed by atoms with Crippen LogP contribution >= 0.6 is 0 Å². The molecule has 98 valence electrons. The normalized spacial score (nSPS) is 20.6. The minimum absolute atomic E-state index is 0.0411. The highest BCUT2D eigenvalue weighted by atomic mass is 16.2. The zero-order valence-electron chi connectivity index (χ0n) is 10.5. The Kier molecular flexibility index (Phi) is 5.37. The fraction of sp³-hybridized carbons (Fsp3) is 0.818. The van der Waals surface area contributed by atoms with E-state index in [2.05, 4.69) is 15.5 Å². The zero-order valence-corrected chi connectivity index (χ0v) is 10.5. The minimum atomic E-state index is -0.396. The van der Waals surface area contributed by atoms with Gasteiger partial charge in [-0.15, -0.1) is 0 Å². The van der Waals surface area contributed by atoms with Gasteiger partial charge in [-0.1, -0.05) is 0 Å². The minimum Gasteiger partial charge on any atom is -0.370 e. The standard InChI is InChI=1S/C11H22N4O2/c1-8(7-10(12)16)14-11(17)9(2)15-5-3-13-4-6-15/h8-9,13H,3-7H2,1-2H3,(H2,12,16)(H,14,17). The van der Waals surface area contributed by atoms with Crippen molar-refractivity contribution in [2.45, 2.75) is 32.4 Å². The third-order valence-electron chi connectivity index (χ3n) is 2.97. The number of hydrogen-bond acceptors (Lipinski definition) is 4. The summed E-state index contributed by atoms with van der Waals surface area (Å²) in [6, 6.07) is -0.363. The highest BCUT2D eigenvalue weighted by Crippen LogP contribution is 2.02.